The topological polar surface area (TPSA) is 84.2 Å². The van der Waals surface area contributed by atoms with Gasteiger partial charge >= 0.3 is 5.97 Å². The maximum absolute atomic E-state index is 11.9. The molecule has 0 atom stereocenters. The van der Waals surface area contributed by atoms with Crippen molar-refractivity contribution in [2.45, 2.75) is 13.0 Å². The Hall–Kier alpha value is -2.63. The number of aryl methyl sites for hydroxylation is 1. The highest BCUT2D eigenvalue weighted by Crippen LogP contribution is 2.08. The number of carbonyl (C=O) groups is 2. The number of hydrogen-bond donors (Lipinski definition) is 2. The van der Waals surface area contributed by atoms with Crippen LogP contribution in [0.15, 0.2) is 42.7 Å². The number of rotatable bonds is 5. The number of para-hydroxylation sites is 1. The molecule has 0 saturated heterocycles. The Balaban J connectivity index is 1.98. The maximum atomic E-state index is 11.9. The van der Waals surface area contributed by atoms with Gasteiger partial charge in [-0.1, -0.05) is 18.2 Å². The fourth-order valence-corrected chi connectivity index (χ4v) is 1.54. The van der Waals surface area contributed by atoms with Crippen molar-refractivity contribution in [2.75, 3.05) is 5.32 Å². The zero-order valence-corrected chi connectivity index (χ0v) is 10.1. The lowest BCUT2D eigenvalue weighted by Gasteiger charge is -2.02. The number of hydrogen-bond acceptors (Lipinski definition) is 3. The molecule has 6 nitrogen and oxygen atoms in total. The van der Waals surface area contributed by atoms with Gasteiger partial charge in [-0.25, -0.2) is 0 Å². The Kier molecular flexibility index (Phi) is 3.92. The van der Waals surface area contributed by atoms with Crippen LogP contribution in [-0.4, -0.2) is 26.8 Å². The van der Waals surface area contributed by atoms with Crippen molar-refractivity contribution in [3.63, 3.8) is 0 Å². The van der Waals surface area contributed by atoms with Gasteiger partial charge in [-0.05, 0) is 12.1 Å². The summed E-state index contributed by atoms with van der Waals surface area (Å²) < 4.78 is 1.44. The van der Waals surface area contributed by atoms with E-state index < -0.39 is 5.97 Å². The van der Waals surface area contributed by atoms with E-state index in [0.717, 1.165) is 0 Å². The number of anilines is 1. The molecule has 0 radical (unpaired) electrons. The summed E-state index contributed by atoms with van der Waals surface area (Å²) in [5, 5.41) is 15.2. The molecule has 0 fully saturated rings. The fraction of sp³-hybridized carbons (Fsp3) is 0.154. The number of carbonyl (C=O) groups excluding carboxylic acids is 1. The van der Waals surface area contributed by atoms with E-state index in [4.69, 9.17) is 5.11 Å². The van der Waals surface area contributed by atoms with Gasteiger partial charge in [-0.3, -0.25) is 14.3 Å². The molecule has 1 aromatic heterocycles. The standard InChI is InChI=1S/C13H13N3O3/c17-12(18)6-7-16-9-10(8-14-16)13(19)15-11-4-2-1-3-5-11/h1-5,8-9H,6-7H2,(H,15,19)(H,17,18). The highest BCUT2D eigenvalue weighted by Gasteiger charge is 2.09. The second kappa shape index (κ2) is 5.81. The van der Waals surface area contributed by atoms with Crippen molar-refractivity contribution in [1.82, 2.24) is 9.78 Å². The van der Waals surface area contributed by atoms with Crippen LogP contribution in [0.4, 0.5) is 5.69 Å². The van der Waals surface area contributed by atoms with E-state index in [-0.39, 0.29) is 18.9 Å². The van der Waals surface area contributed by atoms with Crippen molar-refractivity contribution in [3.8, 4) is 0 Å². The van der Waals surface area contributed by atoms with Crippen molar-refractivity contribution < 1.29 is 14.7 Å². The number of carboxylic acids is 1. The summed E-state index contributed by atoms with van der Waals surface area (Å²) in [5.41, 5.74) is 1.10. The molecule has 98 valence electrons. The van der Waals surface area contributed by atoms with Gasteiger partial charge in [0, 0.05) is 11.9 Å². The van der Waals surface area contributed by atoms with Gasteiger partial charge in [0.15, 0.2) is 0 Å². The van der Waals surface area contributed by atoms with Crippen LogP contribution in [0.5, 0.6) is 0 Å². The minimum atomic E-state index is -0.897. The fourth-order valence-electron chi connectivity index (χ4n) is 1.54. The third-order valence-electron chi connectivity index (χ3n) is 2.48. The maximum Gasteiger partial charge on any atom is 0.305 e. The van der Waals surface area contributed by atoms with Gasteiger partial charge in [0.05, 0.1) is 24.7 Å². The van der Waals surface area contributed by atoms with Crippen molar-refractivity contribution >= 4 is 17.6 Å². The normalized spacial score (nSPS) is 10.1. The summed E-state index contributed by atoms with van der Waals surface area (Å²) in [6.07, 6.45) is 2.92. The highest BCUT2D eigenvalue weighted by molar-refractivity contribution is 6.03. The van der Waals surface area contributed by atoms with E-state index >= 15 is 0 Å². The van der Waals surface area contributed by atoms with Crippen molar-refractivity contribution in [3.05, 3.63) is 48.3 Å². The molecule has 1 amide bonds. The molecule has 0 bridgehead atoms. The van der Waals surface area contributed by atoms with Gasteiger partial charge in [0.1, 0.15) is 0 Å². The molecule has 0 saturated carbocycles. The van der Waals surface area contributed by atoms with Gasteiger partial charge in [-0.15, -0.1) is 0 Å². The second-order valence-corrected chi connectivity index (χ2v) is 3.96. The van der Waals surface area contributed by atoms with Crippen molar-refractivity contribution in [1.29, 1.82) is 0 Å². The Morgan fingerprint density at radius 1 is 1.26 bits per heavy atom. The molecule has 0 aliphatic rings. The molecule has 0 aliphatic heterocycles. The molecular formula is C13H13N3O3. The lowest BCUT2D eigenvalue weighted by molar-refractivity contribution is -0.137. The Bertz CT molecular complexity index is 578. The predicted molar refractivity (Wildman–Crippen MR) is 68.9 cm³/mol. The van der Waals surface area contributed by atoms with Crippen LogP contribution in [0.25, 0.3) is 0 Å². The first-order valence-electron chi connectivity index (χ1n) is 5.76. The van der Waals surface area contributed by atoms with Crippen LogP contribution in [0.1, 0.15) is 16.8 Å². The first-order chi connectivity index (χ1) is 9.15. The first kappa shape index (κ1) is 12.8. The zero-order chi connectivity index (χ0) is 13.7. The van der Waals surface area contributed by atoms with Gasteiger partial charge in [0.2, 0.25) is 0 Å². The third kappa shape index (κ3) is 3.67. The average molecular weight is 259 g/mol. The molecule has 2 aromatic rings. The van der Waals surface area contributed by atoms with Crippen LogP contribution >= 0.6 is 0 Å². The van der Waals surface area contributed by atoms with E-state index in [2.05, 4.69) is 10.4 Å². The molecule has 0 unspecified atom stereocenters. The monoisotopic (exact) mass is 259 g/mol. The van der Waals surface area contributed by atoms with Crippen LogP contribution in [0, 0.1) is 0 Å². The summed E-state index contributed by atoms with van der Waals surface area (Å²) in [5.74, 6) is -1.17. The quantitative estimate of drug-likeness (QED) is 0.854. The largest absolute Gasteiger partial charge is 0.481 e. The minimum Gasteiger partial charge on any atom is -0.481 e. The average Bonchev–Trinajstić information content (AvgIpc) is 2.86. The lowest BCUT2D eigenvalue weighted by Crippen LogP contribution is -2.11. The molecular weight excluding hydrogens is 246 g/mol. The minimum absolute atomic E-state index is 0.0264. The van der Waals surface area contributed by atoms with Gasteiger partial charge < -0.3 is 10.4 Å². The van der Waals surface area contributed by atoms with E-state index in [0.29, 0.717) is 11.3 Å². The molecule has 1 heterocycles. The number of aromatic nitrogens is 2. The van der Waals surface area contributed by atoms with E-state index in [1.165, 1.54) is 17.1 Å². The molecule has 0 spiro atoms. The van der Waals surface area contributed by atoms with Crippen LogP contribution in [0.3, 0.4) is 0 Å². The number of amides is 1. The molecule has 0 aliphatic carbocycles. The first-order valence-corrected chi connectivity index (χ1v) is 5.76. The Morgan fingerprint density at radius 3 is 2.68 bits per heavy atom. The highest BCUT2D eigenvalue weighted by atomic mass is 16.4. The summed E-state index contributed by atoms with van der Waals surface area (Å²) in [4.78, 5) is 22.3. The number of nitrogens with zero attached hydrogens (tertiary/aromatic N) is 2. The number of nitrogens with one attached hydrogen (secondary N) is 1. The third-order valence-corrected chi connectivity index (χ3v) is 2.48. The number of carboxylic acid groups (broad SMARTS) is 1. The van der Waals surface area contributed by atoms with E-state index in [1.54, 1.807) is 12.1 Å². The SMILES string of the molecule is O=C(O)CCn1cc(C(=O)Nc2ccccc2)cn1. The second-order valence-electron chi connectivity index (χ2n) is 3.96. The molecule has 2 N–H and O–H groups in total. The lowest BCUT2D eigenvalue weighted by atomic mass is 10.3. The summed E-state index contributed by atoms with van der Waals surface area (Å²) in [6.45, 7) is 0.244. The van der Waals surface area contributed by atoms with Gasteiger partial charge in [-0.2, -0.15) is 5.10 Å². The summed E-state index contributed by atoms with van der Waals surface area (Å²) >= 11 is 0. The molecule has 6 heteroatoms. The molecule has 1 aromatic carbocycles. The van der Waals surface area contributed by atoms with Crippen LogP contribution in [-0.2, 0) is 11.3 Å². The smallest absolute Gasteiger partial charge is 0.305 e. The van der Waals surface area contributed by atoms with Crippen molar-refractivity contribution in [2.24, 2.45) is 0 Å². The van der Waals surface area contributed by atoms with Gasteiger partial charge in [0.25, 0.3) is 5.91 Å². The molecule has 2 rings (SSSR count). The molecule has 19 heavy (non-hydrogen) atoms. The predicted octanol–water partition coefficient (Wildman–Crippen LogP) is 1.61. The number of aliphatic carboxylic acids is 1. The zero-order valence-electron chi connectivity index (χ0n) is 10.1. The number of benzene rings is 1. The van der Waals surface area contributed by atoms with E-state index in [1.807, 2.05) is 18.2 Å². The van der Waals surface area contributed by atoms with E-state index in [9.17, 15) is 9.59 Å². The van der Waals surface area contributed by atoms with Crippen LogP contribution in [0.2, 0.25) is 0 Å². The summed E-state index contributed by atoms with van der Waals surface area (Å²) in [6, 6.07) is 9.08. The Morgan fingerprint density at radius 2 is 2.00 bits per heavy atom. The Labute approximate surface area is 109 Å². The van der Waals surface area contributed by atoms with Crippen LogP contribution < -0.4 is 5.32 Å². The summed E-state index contributed by atoms with van der Waals surface area (Å²) in [7, 11) is 0.